The van der Waals surface area contributed by atoms with E-state index in [2.05, 4.69) is 0 Å². The predicted molar refractivity (Wildman–Crippen MR) is 73.7 cm³/mol. The molecule has 1 saturated heterocycles. The molecule has 0 saturated carbocycles. The molecule has 1 fully saturated rings. The third-order valence-corrected chi connectivity index (χ3v) is 5.37. The SMILES string of the molecule is CO[C@H]1CCCN(S(=O)(=O)c2ccccc2C(N)=O)C1. The van der Waals surface area contributed by atoms with Crippen LogP contribution in [0.1, 0.15) is 23.2 Å². The lowest BCUT2D eigenvalue weighted by molar-refractivity contribution is 0.0571. The largest absolute Gasteiger partial charge is 0.380 e. The molecule has 0 unspecified atom stereocenters. The van der Waals surface area contributed by atoms with Crippen LogP contribution in [0.5, 0.6) is 0 Å². The Kier molecular flexibility index (Phi) is 4.42. The molecule has 7 heteroatoms. The highest BCUT2D eigenvalue weighted by atomic mass is 32.2. The first kappa shape index (κ1) is 15.0. The summed E-state index contributed by atoms with van der Waals surface area (Å²) in [5, 5.41) is 0. The van der Waals surface area contributed by atoms with E-state index in [0.29, 0.717) is 13.1 Å². The van der Waals surface area contributed by atoms with Crippen molar-refractivity contribution < 1.29 is 17.9 Å². The van der Waals surface area contributed by atoms with Crippen LogP contribution in [0, 0.1) is 0 Å². The van der Waals surface area contributed by atoms with Gasteiger partial charge in [-0.15, -0.1) is 0 Å². The number of ether oxygens (including phenoxy) is 1. The van der Waals surface area contributed by atoms with Gasteiger partial charge in [0, 0.05) is 20.2 Å². The standard InChI is InChI=1S/C13H18N2O4S/c1-19-10-5-4-8-15(9-10)20(17,18)12-7-3-2-6-11(12)13(14)16/h2-3,6-7,10H,4-5,8-9H2,1H3,(H2,14,16)/t10-/m0/s1. The lowest BCUT2D eigenvalue weighted by Gasteiger charge is -2.31. The van der Waals surface area contributed by atoms with Crippen LogP contribution in [0.25, 0.3) is 0 Å². The van der Waals surface area contributed by atoms with Crippen LogP contribution < -0.4 is 5.73 Å². The van der Waals surface area contributed by atoms with E-state index in [4.69, 9.17) is 10.5 Å². The molecule has 0 spiro atoms. The Morgan fingerprint density at radius 2 is 2.10 bits per heavy atom. The van der Waals surface area contributed by atoms with Crippen LogP contribution in [0.3, 0.4) is 0 Å². The Morgan fingerprint density at radius 3 is 2.75 bits per heavy atom. The van der Waals surface area contributed by atoms with Gasteiger partial charge < -0.3 is 10.5 Å². The number of nitrogens with two attached hydrogens (primary N) is 1. The topological polar surface area (TPSA) is 89.7 Å². The van der Waals surface area contributed by atoms with Crippen molar-refractivity contribution >= 4 is 15.9 Å². The van der Waals surface area contributed by atoms with Gasteiger partial charge in [-0.1, -0.05) is 12.1 Å². The fourth-order valence-corrected chi connectivity index (χ4v) is 4.06. The fraction of sp³-hybridized carbons (Fsp3) is 0.462. The van der Waals surface area contributed by atoms with Crippen molar-refractivity contribution in [3.05, 3.63) is 29.8 Å². The minimum absolute atomic E-state index is 0.0204. The fourth-order valence-electron chi connectivity index (χ4n) is 2.35. The molecule has 0 radical (unpaired) electrons. The molecule has 1 aromatic carbocycles. The Bertz CT molecular complexity index is 600. The number of amides is 1. The minimum Gasteiger partial charge on any atom is -0.380 e. The van der Waals surface area contributed by atoms with Crippen LogP contribution in [0.15, 0.2) is 29.2 Å². The summed E-state index contributed by atoms with van der Waals surface area (Å²) in [5.74, 6) is -0.746. The van der Waals surface area contributed by atoms with E-state index in [9.17, 15) is 13.2 Å². The first-order chi connectivity index (χ1) is 9.46. The lowest BCUT2D eigenvalue weighted by atomic mass is 10.1. The van der Waals surface area contributed by atoms with Crippen molar-refractivity contribution in [2.24, 2.45) is 5.73 Å². The van der Waals surface area contributed by atoms with Crippen LogP contribution in [0.2, 0.25) is 0 Å². The monoisotopic (exact) mass is 298 g/mol. The molecule has 1 atom stereocenters. The van der Waals surface area contributed by atoms with Crippen molar-refractivity contribution in [1.29, 1.82) is 0 Å². The highest BCUT2D eigenvalue weighted by Crippen LogP contribution is 2.24. The summed E-state index contributed by atoms with van der Waals surface area (Å²) in [4.78, 5) is 11.3. The molecule has 1 heterocycles. The van der Waals surface area contributed by atoms with E-state index in [1.54, 1.807) is 19.2 Å². The van der Waals surface area contributed by atoms with Crippen molar-refractivity contribution in [3.63, 3.8) is 0 Å². The molecule has 0 aliphatic carbocycles. The first-order valence-corrected chi connectivity index (χ1v) is 7.82. The van der Waals surface area contributed by atoms with Gasteiger partial charge in [0.25, 0.3) is 0 Å². The van der Waals surface area contributed by atoms with Crippen LogP contribution >= 0.6 is 0 Å². The van der Waals surface area contributed by atoms with Gasteiger partial charge in [-0.2, -0.15) is 4.31 Å². The van der Waals surface area contributed by atoms with Gasteiger partial charge in [0.1, 0.15) is 0 Å². The molecule has 1 amide bonds. The van der Waals surface area contributed by atoms with Gasteiger partial charge in [0.2, 0.25) is 15.9 Å². The van der Waals surface area contributed by atoms with Crippen molar-refractivity contribution in [2.75, 3.05) is 20.2 Å². The van der Waals surface area contributed by atoms with Crippen LogP contribution in [0.4, 0.5) is 0 Å². The molecule has 20 heavy (non-hydrogen) atoms. The number of rotatable bonds is 4. The highest BCUT2D eigenvalue weighted by molar-refractivity contribution is 7.89. The lowest BCUT2D eigenvalue weighted by Crippen LogP contribution is -2.43. The zero-order valence-electron chi connectivity index (χ0n) is 11.3. The average Bonchev–Trinajstić information content (AvgIpc) is 2.47. The van der Waals surface area contributed by atoms with Gasteiger partial charge >= 0.3 is 0 Å². The molecule has 1 aromatic rings. The van der Waals surface area contributed by atoms with E-state index in [0.717, 1.165) is 12.8 Å². The van der Waals surface area contributed by atoms with Gasteiger partial charge in [0.15, 0.2) is 0 Å². The van der Waals surface area contributed by atoms with E-state index >= 15 is 0 Å². The Balaban J connectivity index is 2.38. The molecule has 2 rings (SSSR count). The second-order valence-corrected chi connectivity index (χ2v) is 6.63. The van der Waals surface area contributed by atoms with Crippen molar-refractivity contribution in [2.45, 2.75) is 23.8 Å². The number of hydrogen-bond acceptors (Lipinski definition) is 4. The van der Waals surface area contributed by atoms with E-state index in [1.807, 2.05) is 0 Å². The third kappa shape index (κ3) is 2.84. The highest BCUT2D eigenvalue weighted by Gasteiger charge is 2.32. The molecule has 1 aliphatic rings. The summed E-state index contributed by atoms with van der Waals surface area (Å²) in [6.45, 7) is 0.723. The summed E-state index contributed by atoms with van der Waals surface area (Å²) >= 11 is 0. The van der Waals surface area contributed by atoms with E-state index < -0.39 is 15.9 Å². The number of nitrogens with zero attached hydrogens (tertiary/aromatic N) is 1. The van der Waals surface area contributed by atoms with E-state index in [1.165, 1.54) is 16.4 Å². The normalized spacial score (nSPS) is 20.8. The Morgan fingerprint density at radius 1 is 1.40 bits per heavy atom. The molecular formula is C13H18N2O4S. The maximum Gasteiger partial charge on any atom is 0.250 e. The summed E-state index contributed by atoms with van der Waals surface area (Å²) < 4.78 is 31.9. The number of piperidine rings is 1. The molecule has 1 aliphatic heterocycles. The van der Waals surface area contributed by atoms with Gasteiger partial charge in [-0.25, -0.2) is 8.42 Å². The Labute approximate surface area is 118 Å². The molecule has 0 bridgehead atoms. The average molecular weight is 298 g/mol. The van der Waals surface area contributed by atoms with Crippen LogP contribution in [-0.2, 0) is 14.8 Å². The zero-order chi connectivity index (χ0) is 14.8. The Hall–Kier alpha value is -1.44. The smallest absolute Gasteiger partial charge is 0.250 e. The van der Waals surface area contributed by atoms with Gasteiger partial charge in [-0.3, -0.25) is 4.79 Å². The van der Waals surface area contributed by atoms with Gasteiger partial charge in [0.05, 0.1) is 16.6 Å². The van der Waals surface area contributed by atoms with Gasteiger partial charge in [-0.05, 0) is 25.0 Å². The third-order valence-electron chi connectivity index (χ3n) is 3.44. The van der Waals surface area contributed by atoms with Crippen molar-refractivity contribution in [1.82, 2.24) is 4.31 Å². The number of carbonyl (C=O) groups excluding carboxylic acids is 1. The van der Waals surface area contributed by atoms with Crippen LogP contribution in [-0.4, -0.2) is 44.9 Å². The molecule has 110 valence electrons. The number of hydrogen-bond donors (Lipinski definition) is 1. The summed E-state index contributed by atoms with van der Waals surface area (Å²) in [5.41, 5.74) is 5.27. The summed E-state index contributed by atoms with van der Waals surface area (Å²) in [7, 11) is -2.16. The second-order valence-electron chi connectivity index (χ2n) is 4.72. The minimum atomic E-state index is -3.73. The maximum absolute atomic E-state index is 12.6. The summed E-state index contributed by atoms with van der Waals surface area (Å²) in [6, 6.07) is 6.00. The number of benzene rings is 1. The van der Waals surface area contributed by atoms with E-state index in [-0.39, 0.29) is 16.6 Å². The molecule has 0 aromatic heterocycles. The zero-order valence-corrected chi connectivity index (χ0v) is 12.1. The number of carbonyl (C=O) groups is 1. The quantitative estimate of drug-likeness (QED) is 0.880. The number of methoxy groups -OCH3 is 1. The number of sulfonamides is 1. The molecular weight excluding hydrogens is 280 g/mol. The maximum atomic E-state index is 12.6. The first-order valence-electron chi connectivity index (χ1n) is 6.38. The molecule has 2 N–H and O–H groups in total. The second kappa shape index (κ2) is 5.90. The predicted octanol–water partition coefficient (Wildman–Crippen LogP) is 0.585. The summed E-state index contributed by atoms with van der Waals surface area (Å²) in [6.07, 6.45) is 1.45. The van der Waals surface area contributed by atoms with Crippen molar-refractivity contribution in [3.8, 4) is 0 Å². The molecule has 6 nitrogen and oxygen atoms in total. The number of primary amides is 1.